The molecule has 0 fully saturated rings. The Morgan fingerprint density at radius 1 is 1.28 bits per heavy atom. The summed E-state index contributed by atoms with van der Waals surface area (Å²) in [5, 5.41) is 18.7. The smallest absolute Gasteiger partial charge is 0.164 e. The zero-order valence-corrected chi connectivity index (χ0v) is 17.6. The second kappa shape index (κ2) is 8.29. The summed E-state index contributed by atoms with van der Waals surface area (Å²) in [6, 6.07) is 8.42. The molecule has 1 heterocycles. The van der Waals surface area contributed by atoms with E-state index in [1.54, 1.807) is 0 Å². The van der Waals surface area contributed by atoms with Gasteiger partial charge >= 0.3 is 0 Å². The number of hydrogen-bond donors (Lipinski definition) is 1. The van der Waals surface area contributed by atoms with Crippen LogP contribution >= 0.6 is 15.9 Å². The van der Waals surface area contributed by atoms with Crippen LogP contribution in [0.5, 0.6) is 0 Å². The van der Waals surface area contributed by atoms with Crippen molar-refractivity contribution in [3.8, 4) is 0 Å². The first-order chi connectivity index (χ1) is 11.7. The summed E-state index contributed by atoms with van der Waals surface area (Å²) in [4.78, 5) is 0. The molecule has 0 spiro atoms. The summed E-state index contributed by atoms with van der Waals surface area (Å²) in [5.74, 6) is 0. The molecule has 1 aliphatic rings. The van der Waals surface area contributed by atoms with Crippen molar-refractivity contribution in [3.63, 3.8) is 0 Å². The average Bonchev–Trinajstić information content (AvgIpc) is 2.61. The van der Waals surface area contributed by atoms with Crippen molar-refractivity contribution >= 4 is 21.6 Å². The van der Waals surface area contributed by atoms with Crippen molar-refractivity contribution < 1.29 is 0 Å². The molecule has 2 unspecified atom stereocenters. The fourth-order valence-electron chi connectivity index (χ4n) is 2.83. The van der Waals surface area contributed by atoms with E-state index >= 15 is 0 Å². The van der Waals surface area contributed by atoms with Gasteiger partial charge in [0.1, 0.15) is 0 Å². The van der Waals surface area contributed by atoms with Crippen LogP contribution in [0, 0.1) is 0 Å². The van der Waals surface area contributed by atoms with Gasteiger partial charge in [-0.15, -0.1) is 5.11 Å². The Morgan fingerprint density at radius 3 is 2.60 bits per heavy atom. The van der Waals surface area contributed by atoms with Gasteiger partial charge in [-0.25, -0.2) is 10.0 Å². The van der Waals surface area contributed by atoms with E-state index in [0.717, 1.165) is 23.1 Å². The molecule has 138 valence electrons. The minimum absolute atomic E-state index is 0.208. The number of hydrogen-bond acceptors (Lipinski definition) is 6. The molecule has 2 rings (SSSR count). The molecule has 0 amide bonds. The van der Waals surface area contributed by atoms with Crippen LogP contribution in [0.15, 0.2) is 50.7 Å². The Balaban J connectivity index is 2.36. The lowest BCUT2D eigenvalue weighted by atomic mass is 10.00. The Hall–Kier alpha value is -1.44. The Labute approximate surface area is 159 Å². The minimum Gasteiger partial charge on any atom is -0.378 e. The molecule has 6 nitrogen and oxygen atoms in total. The lowest BCUT2D eigenvalue weighted by molar-refractivity contribution is -0.0229. The normalized spacial score (nSPS) is 26.8. The van der Waals surface area contributed by atoms with Gasteiger partial charge in [0.15, 0.2) is 5.66 Å². The van der Waals surface area contributed by atoms with E-state index in [-0.39, 0.29) is 6.04 Å². The third kappa shape index (κ3) is 5.03. The summed E-state index contributed by atoms with van der Waals surface area (Å²) in [7, 11) is 8.01. The van der Waals surface area contributed by atoms with E-state index in [1.165, 1.54) is 5.57 Å². The van der Waals surface area contributed by atoms with Gasteiger partial charge in [-0.05, 0) is 54.4 Å². The number of nitrogens with one attached hydrogen (secondary N) is 1. The molecule has 1 N–H and O–H groups in total. The van der Waals surface area contributed by atoms with E-state index in [4.69, 9.17) is 0 Å². The van der Waals surface area contributed by atoms with Crippen molar-refractivity contribution in [2.75, 3.05) is 40.1 Å². The molecule has 1 aromatic carbocycles. The van der Waals surface area contributed by atoms with Crippen LogP contribution in [0.1, 0.15) is 20.3 Å². The number of hydrazine groups is 1. The second-order valence-electron chi connectivity index (χ2n) is 6.89. The molecular weight excluding hydrogens is 380 g/mol. The van der Waals surface area contributed by atoms with Crippen molar-refractivity contribution in [1.82, 2.24) is 15.0 Å². The van der Waals surface area contributed by atoms with Gasteiger partial charge < -0.3 is 5.32 Å². The van der Waals surface area contributed by atoms with Crippen molar-refractivity contribution in [3.05, 3.63) is 40.4 Å². The van der Waals surface area contributed by atoms with Gasteiger partial charge in [0.2, 0.25) is 0 Å². The third-order valence-corrected chi connectivity index (χ3v) is 5.34. The van der Waals surface area contributed by atoms with Gasteiger partial charge in [-0.2, -0.15) is 0 Å². The van der Waals surface area contributed by atoms with Crippen LogP contribution in [0.2, 0.25) is 0 Å². The lowest BCUT2D eigenvalue weighted by Gasteiger charge is -2.37. The molecule has 2 atom stereocenters. The van der Waals surface area contributed by atoms with Crippen LogP contribution in [-0.4, -0.2) is 61.5 Å². The largest absolute Gasteiger partial charge is 0.378 e. The van der Waals surface area contributed by atoms with Crippen LogP contribution in [0.3, 0.4) is 0 Å². The summed E-state index contributed by atoms with van der Waals surface area (Å²) >= 11 is 3.63. The maximum atomic E-state index is 4.61. The predicted molar refractivity (Wildman–Crippen MR) is 107 cm³/mol. The monoisotopic (exact) mass is 408 g/mol. The Kier molecular flexibility index (Phi) is 6.59. The highest BCUT2D eigenvalue weighted by molar-refractivity contribution is 9.10. The minimum atomic E-state index is -0.542. The number of benzene rings is 1. The van der Waals surface area contributed by atoms with E-state index in [1.807, 2.05) is 50.3 Å². The zero-order valence-electron chi connectivity index (χ0n) is 16.0. The van der Waals surface area contributed by atoms with Gasteiger partial charge in [-0.1, -0.05) is 22.9 Å². The molecule has 0 aromatic heterocycles. The summed E-state index contributed by atoms with van der Waals surface area (Å²) < 4.78 is 1.07. The molecule has 1 aliphatic heterocycles. The Morgan fingerprint density at radius 2 is 1.96 bits per heavy atom. The molecule has 0 radical (unpaired) electrons. The zero-order chi connectivity index (χ0) is 18.6. The number of halogens is 1. The number of likely N-dealkylation sites (N-methyl/N-ethyl adjacent to an activating group) is 1. The molecule has 0 saturated heterocycles. The topological polar surface area (TPSA) is 46.5 Å². The lowest BCUT2D eigenvalue weighted by Crippen LogP contribution is -2.48. The first kappa shape index (κ1) is 19.9. The van der Waals surface area contributed by atoms with E-state index in [2.05, 4.69) is 68.6 Å². The number of anilines is 1. The standard InChI is InChI=1S/C18H29BrN6/c1-14-13-18(2,25(6)23(3)4)21-22-24(5)12-11-16(14)20-17-10-8-7-9-15(17)19/h7-10,13,16,20H,11-12H2,1-6H3/b14-13+,22-21?. The van der Waals surface area contributed by atoms with Gasteiger partial charge in [0, 0.05) is 50.9 Å². The molecule has 0 bridgehead atoms. The highest BCUT2D eigenvalue weighted by atomic mass is 79.9. The van der Waals surface area contributed by atoms with Crippen molar-refractivity contribution in [2.45, 2.75) is 32.0 Å². The van der Waals surface area contributed by atoms with Gasteiger partial charge in [0.25, 0.3) is 0 Å². The van der Waals surface area contributed by atoms with Crippen LogP contribution in [0.25, 0.3) is 0 Å². The SMILES string of the molecule is C/C1=C\C(C)(N(C)N(C)C)N=NN(C)CCC1Nc1ccccc1Br. The van der Waals surface area contributed by atoms with E-state index in [0.29, 0.717) is 0 Å². The molecule has 25 heavy (non-hydrogen) atoms. The van der Waals surface area contributed by atoms with Gasteiger partial charge in [-0.3, -0.25) is 5.01 Å². The van der Waals surface area contributed by atoms with E-state index in [9.17, 15) is 0 Å². The highest BCUT2D eigenvalue weighted by Gasteiger charge is 2.31. The average molecular weight is 409 g/mol. The summed E-state index contributed by atoms with van der Waals surface area (Å²) in [6.45, 7) is 5.07. The number of para-hydroxylation sites is 1. The van der Waals surface area contributed by atoms with Crippen LogP contribution < -0.4 is 5.32 Å². The number of nitrogens with zero attached hydrogens (tertiary/aromatic N) is 5. The molecule has 0 aliphatic carbocycles. The third-order valence-electron chi connectivity index (χ3n) is 4.65. The molecule has 1 aromatic rings. The summed E-state index contributed by atoms with van der Waals surface area (Å²) in [6.07, 6.45) is 3.14. The molecule has 7 heteroatoms. The second-order valence-corrected chi connectivity index (χ2v) is 7.74. The van der Waals surface area contributed by atoms with Gasteiger partial charge in [0.05, 0.1) is 0 Å². The summed E-state index contributed by atoms with van der Waals surface area (Å²) in [5.41, 5.74) is 1.81. The predicted octanol–water partition coefficient (Wildman–Crippen LogP) is 4.00. The highest BCUT2D eigenvalue weighted by Crippen LogP contribution is 2.28. The van der Waals surface area contributed by atoms with Crippen LogP contribution in [0.4, 0.5) is 5.69 Å². The fourth-order valence-corrected chi connectivity index (χ4v) is 3.23. The fraction of sp³-hybridized carbons (Fsp3) is 0.556. The van der Waals surface area contributed by atoms with Crippen molar-refractivity contribution in [1.29, 1.82) is 0 Å². The van der Waals surface area contributed by atoms with E-state index < -0.39 is 5.66 Å². The first-order valence-corrected chi connectivity index (χ1v) is 9.27. The molecular formula is C18H29BrN6. The molecule has 0 saturated carbocycles. The quantitative estimate of drug-likeness (QED) is 0.603. The van der Waals surface area contributed by atoms with Crippen molar-refractivity contribution in [2.24, 2.45) is 10.3 Å². The van der Waals surface area contributed by atoms with Crippen LogP contribution in [-0.2, 0) is 0 Å². The first-order valence-electron chi connectivity index (χ1n) is 8.48. The Bertz CT molecular complexity index is 644. The number of rotatable bonds is 4. The maximum absolute atomic E-state index is 4.61. The maximum Gasteiger partial charge on any atom is 0.164 e.